The van der Waals surface area contributed by atoms with E-state index in [-0.39, 0.29) is 49.3 Å². The molecule has 0 aromatic carbocycles. The minimum Gasteiger partial charge on any atom is -0.459 e. The number of anilines is 1. The summed E-state index contributed by atoms with van der Waals surface area (Å²) in [5.74, 6) is -0.356. The molecule has 0 saturated carbocycles. The largest absolute Gasteiger partial charge is 0.474 e. The maximum atomic E-state index is 14.2. The highest BCUT2D eigenvalue weighted by Crippen LogP contribution is 2.50. The molecule has 3 heterocycles. The lowest BCUT2D eigenvalue weighted by molar-refractivity contribution is -0.153. The third kappa shape index (κ3) is 24.2. The van der Waals surface area contributed by atoms with E-state index in [1.54, 1.807) is 4.57 Å². The van der Waals surface area contributed by atoms with Crippen LogP contribution in [0.2, 0.25) is 0 Å². The van der Waals surface area contributed by atoms with Gasteiger partial charge in [-0.05, 0) is 19.3 Å². The summed E-state index contributed by atoms with van der Waals surface area (Å²) in [6, 6.07) is 0. The second-order valence-electron chi connectivity index (χ2n) is 18.1. The number of nitrogens with one attached hydrogen (secondary N) is 1. The quantitative estimate of drug-likeness (QED) is 0.0369. The molecule has 63 heavy (non-hydrogen) atoms. The Balaban J connectivity index is 1.56. The Morgan fingerprint density at radius 2 is 1.11 bits per heavy atom. The molecule has 0 radical (unpaired) electrons. The van der Waals surface area contributed by atoms with Crippen molar-refractivity contribution in [3.63, 3.8) is 0 Å². The van der Waals surface area contributed by atoms with E-state index in [0.717, 1.165) is 57.8 Å². The van der Waals surface area contributed by atoms with Gasteiger partial charge in [0.15, 0.2) is 11.2 Å². The van der Waals surface area contributed by atoms with Crippen molar-refractivity contribution in [3.8, 4) is 0 Å². The SMILES string of the molecule is CCCCCCCCCCCCCCC(=O)O[C@H]1C[C@H](n2cnc3c(=O)[nH]c(N)nc32)O[C@@H]1COP(=O)(OCCCCCCCCCCCC)OCCCCCCCCCCCC. The first-order valence-electron chi connectivity index (χ1n) is 25.9. The molecule has 1 aliphatic heterocycles. The van der Waals surface area contributed by atoms with E-state index in [1.165, 1.54) is 154 Å². The number of carbonyl (C=O) groups excluding carboxylic acids is 1. The molecule has 2 aromatic rings. The number of esters is 1. The van der Waals surface area contributed by atoms with Crippen LogP contribution in [-0.2, 0) is 32.4 Å². The van der Waals surface area contributed by atoms with Gasteiger partial charge in [-0.2, -0.15) is 4.98 Å². The number of H-pyrrole nitrogens is 1. The molecule has 0 spiro atoms. The lowest BCUT2D eigenvalue weighted by Gasteiger charge is -2.23. The number of carbonyl (C=O) groups is 1. The molecule has 364 valence electrons. The molecular formula is C49H90N5O8P. The molecule has 1 aliphatic rings. The van der Waals surface area contributed by atoms with Crippen LogP contribution in [0, 0.1) is 0 Å². The third-order valence-electron chi connectivity index (χ3n) is 12.4. The second kappa shape index (κ2) is 35.0. The Bertz CT molecular complexity index is 1530. The van der Waals surface area contributed by atoms with Crippen LogP contribution < -0.4 is 11.3 Å². The zero-order chi connectivity index (χ0) is 45.2. The van der Waals surface area contributed by atoms with Gasteiger partial charge in [0, 0.05) is 12.8 Å². The highest BCUT2D eigenvalue weighted by atomic mass is 31.2. The highest BCUT2D eigenvalue weighted by Gasteiger charge is 2.42. The smallest absolute Gasteiger partial charge is 0.459 e. The molecule has 3 atom stereocenters. The number of nitrogens with zero attached hydrogens (tertiary/aromatic N) is 3. The number of aromatic nitrogens is 4. The van der Waals surface area contributed by atoms with Crippen molar-refractivity contribution in [2.45, 2.75) is 258 Å². The van der Waals surface area contributed by atoms with Gasteiger partial charge in [-0.15, -0.1) is 0 Å². The number of unbranched alkanes of at least 4 members (excludes halogenated alkanes) is 29. The van der Waals surface area contributed by atoms with E-state index >= 15 is 0 Å². The Morgan fingerprint density at radius 1 is 0.683 bits per heavy atom. The molecule has 1 fully saturated rings. The van der Waals surface area contributed by atoms with Crippen LogP contribution in [0.3, 0.4) is 0 Å². The highest BCUT2D eigenvalue weighted by molar-refractivity contribution is 7.48. The minimum absolute atomic E-state index is 0.0439. The maximum absolute atomic E-state index is 14.2. The maximum Gasteiger partial charge on any atom is 0.474 e. The monoisotopic (exact) mass is 908 g/mol. The zero-order valence-electron chi connectivity index (χ0n) is 40.1. The molecular weight excluding hydrogens is 818 g/mol. The van der Waals surface area contributed by atoms with Gasteiger partial charge in [-0.25, -0.2) is 9.55 Å². The molecule has 1 saturated heterocycles. The topological polar surface area (TPSA) is 170 Å². The van der Waals surface area contributed by atoms with Gasteiger partial charge in [-0.1, -0.05) is 207 Å². The van der Waals surface area contributed by atoms with Gasteiger partial charge in [0.05, 0.1) is 26.1 Å². The van der Waals surface area contributed by atoms with Crippen LogP contribution in [-0.4, -0.2) is 57.5 Å². The molecule has 0 bridgehead atoms. The molecule has 14 heteroatoms. The van der Waals surface area contributed by atoms with Crippen molar-refractivity contribution < 1.29 is 32.4 Å². The van der Waals surface area contributed by atoms with E-state index in [1.807, 2.05) is 0 Å². The van der Waals surface area contributed by atoms with Gasteiger partial charge >= 0.3 is 13.8 Å². The van der Waals surface area contributed by atoms with Crippen LogP contribution in [0.25, 0.3) is 11.2 Å². The van der Waals surface area contributed by atoms with E-state index < -0.39 is 31.8 Å². The number of phosphoric ester groups is 1. The van der Waals surface area contributed by atoms with Crippen LogP contribution in [0.5, 0.6) is 0 Å². The summed E-state index contributed by atoms with van der Waals surface area (Å²) in [6.07, 6.45) is 37.9. The zero-order valence-corrected chi connectivity index (χ0v) is 41.0. The molecule has 0 amide bonds. The summed E-state index contributed by atoms with van der Waals surface area (Å²) in [5, 5.41) is 0. The van der Waals surface area contributed by atoms with E-state index in [9.17, 15) is 14.2 Å². The normalized spacial score (nSPS) is 16.7. The van der Waals surface area contributed by atoms with Gasteiger partial charge in [0.1, 0.15) is 18.4 Å². The number of fused-ring (bicyclic) bond motifs is 1. The van der Waals surface area contributed by atoms with Crippen molar-refractivity contribution in [1.29, 1.82) is 0 Å². The molecule has 2 aromatic heterocycles. The van der Waals surface area contributed by atoms with Gasteiger partial charge in [0.2, 0.25) is 5.95 Å². The number of aromatic amines is 1. The van der Waals surface area contributed by atoms with Crippen LogP contribution >= 0.6 is 7.82 Å². The fourth-order valence-electron chi connectivity index (χ4n) is 8.45. The summed E-state index contributed by atoms with van der Waals surface area (Å²) < 4.78 is 46.3. The van der Waals surface area contributed by atoms with Crippen LogP contribution in [0.1, 0.15) is 245 Å². The first-order chi connectivity index (χ1) is 30.8. The molecule has 0 unspecified atom stereocenters. The lowest BCUT2D eigenvalue weighted by Crippen LogP contribution is -2.31. The number of ether oxygens (including phenoxy) is 2. The first kappa shape index (κ1) is 55.0. The number of phosphoric acid groups is 1. The Kier molecular flexibility index (Phi) is 30.5. The fraction of sp³-hybridized carbons (Fsp3) is 0.878. The number of rotatable bonds is 42. The van der Waals surface area contributed by atoms with E-state index in [2.05, 4.69) is 35.7 Å². The van der Waals surface area contributed by atoms with Crippen molar-refractivity contribution >= 4 is 30.9 Å². The molecule has 13 nitrogen and oxygen atoms in total. The van der Waals surface area contributed by atoms with Crippen molar-refractivity contribution in [2.75, 3.05) is 25.6 Å². The summed E-state index contributed by atoms with van der Waals surface area (Å²) in [7, 11) is -3.98. The summed E-state index contributed by atoms with van der Waals surface area (Å²) in [5.41, 5.74) is 5.81. The standard InChI is InChI=1S/C49H90N5O8P/c1-4-7-10-13-16-19-22-23-24-27-30-33-36-45(55)62-42-39-44(54-41-51-46-47(54)52-49(50)53-48(46)56)61-43(42)40-60-63(57,58-37-34-31-28-25-20-17-14-11-8-5-2)59-38-35-32-29-26-21-18-15-12-9-6-3/h41-44H,4-40H2,1-3H3,(H3,50,52,53,56)/t42-,43+,44+/m0/s1. The minimum atomic E-state index is -3.98. The first-order valence-corrected chi connectivity index (χ1v) is 27.4. The van der Waals surface area contributed by atoms with Crippen LogP contribution in [0.4, 0.5) is 5.95 Å². The van der Waals surface area contributed by atoms with Gasteiger partial charge < -0.3 is 15.2 Å². The number of nitrogens with two attached hydrogens (primary N) is 1. The summed E-state index contributed by atoms with van der Waals surface area (Å²) in [6.45, 7) is 7.09. The number of imidazole rings is 1. The van der Waals surface area contributed by atoms with Gasteiger partial charge in [-0.3, -0.25) is 32.7 Å². The van der Waals surface area contributed by atoms with Crippen LogP contribution in [0.15, 0.2) is 11.1 Å². The average molecular weight is 908 g/mol. The summed E-state index contributed by atoms with van der Waals surface area (Å²) >= 11 is 0. The number of nitrogen functional groups attached to an aromatic ring is 1. The van der Waals surface area contributed by atoms with E-state index in [0.29, 0.717) is 6.42 Å². The Hall–Kier alpha value is -2.31. The molecule has 3 N–H and O–H groups in total. The summed E-state index contributed by atoms with van der Waals surface area (Å²) in [4.78, 5) is 36.9. The number of hydrogen-bond acceptors (Lipinski definition) is 11. The average Bonchev–Trinajstić information content (AvgIpc) is 3.88. The van der Waals surface area contributed by atoms with Gasteiger partial charge in [0.25, 0.3) is 5.56 Å². The lowest BCUT2D eigenvalue weighted by atomic mass is 10.0. The van der Waals surface area contributed by atoms with Crippen molar-refractivity contribution in [2.24, 2.45) is 0 Å². The Labute approximate surface area is 381 Å². The second-order valence-corrected chi connectivity index (χ2v) is 19.7. The van der Waals surface area contributed by atoms with Crippen molar-refractivity contribution in [3.05, 3.63) is 16.7 Å². The molecule has 0 aliphatic carbocycles. The van der Waals surface area contributed by atoms with E-state index in [4.69, 9.17) is 28.8 Å². The molecule has 3 rings (SSSR count). The Morgan fingerprint density at radius 3 is 1.57 bits per heavy atom. The predicted octanol–water partition coefficient (Wildman–Crippen LogP) is 14.0. The third-order valence-corrected chi connectivity index (χ3v) is 13.8. The van der Waals surface area contributed by atoms with Crippen molar-refractivity contribution in [1.82, 2.24) is 19.5 Å². The fourth-order valence-corrected chi connectivity index (χ4v) is 9.70. The number of hydrogen-bond donors (Lipinski definition) is 2. The predicted molar refractivity (Wildman–Crippen MR) is 256 cm³/mol.